The smallest absolute Gasteiger partial charge is 0.395 e. The van der Waals surface area contributed by atoms with Crippen LogP contribution in [-0.2, 0) is 11.0 Å². The zero-order valence-electron chi connectivity index (χ0n) is 20.2. The molecule has 0 radical (unpaired) electrons. The average Bonchev–Trinajstić information content (AvgIpc) is 3.78. The van der Waals surface area contributed by atoms with E-state index in [1.807, 2.05) is 0 Å². The number of aliphatic hydroxyl groups excluding tert-OH is 1. The van der Waals surface area contributed by atoms with Crippen LogP contribution in [0.3, 0.4) is 0 Å². The molecular formula is C26H28F4N4O3. The molecule has 4 atom stereocenters. The van der Waals surface area contributed by atoms with Crippen molar-refractivity contribution < 1.29 is 32.3 Å². The quantitative estimate of drug-likeness (QED) is 0.460. The Morgan fingerprint density at radius 3 is 2.62 bits per heavy atom. The number of aromatic nitrogens is 1. The highest BCUT2D eigenvalue weighted by molar-refractivity contribution is 6.02. The lowest BCUT2D eigenvalue weighted by Gasteiger charge is -2.30. The Morgan fingerprint density at radius 1 is 1.22 bits per heavy atom. The van der Waals surface area contributed by atoms with Crippen LogP contribution in [0.2, 0.25) is 0 Å². The number of amides is 2. The number of hydrogen-bond donors (Lipinski definition) is 3. The van der Waals surface area contributed by atoms with Crippen LogP contribution in [0.15, 0.2) is 30.5 Å². The maximum absolute atomic E-state index is 14.8. The minimum Gasteiger partial charge on any atom is -0.395 e. The molecule has 1 saturated heterocycles. The van der Waals surface area contributed by atoms with E-state index in [2.05, 4.69) is 15.6 Å². The van der Waals surface area contributed by atoms with E-state index >= 15 is 0 Å². The van der Waals surface area contributed by atoms with Crippen molar-refractivity contribution in [1.82, 2.24) is 15.2 Å². The highest BCUT2D eigenvalue weighted by atomic mass is 19.4. The molecular weight excluding hydrogens is 492 g/mol. The third-order valence-corrected chi connectivity index (χ3v) is 7.39. The third-order valence-electron chi connectivity index (χ3n) is 7.39. The second-order valence-corrected chi connectivity index (χ2v) is 10.1. The number of anilines is 1. The Bertz CT molecular complexity index is 1220. The molecule has 0 spiro atoms. The number of piperidine rings is 1. The molecule has 2 heterocycles. The van der Waals surface area contributed by atoms with Gasteiger partial charge in [0.1, 0.15) is 11.9 Å². The molecule has 1 aromatic heterocycles. The average molecular weight is 521 g/mol. The highest BCUT2D eigenvalue weighted by Crippen LogP contribution is 2.49. The first-order valence-electron chi connectivity index (χ1n) is 12.4. The fraction of sp³-hybridized carbons (Fsp3) is 0.500. The van der Waals surface area contributed by atoms with E-state index in [0.717, 1.165) is 31.4 Å². The van der Waals surface area contributed by atoms with Gasteiger partial charge >= 0.3 is 6.18 Å². The van der Waals surface area contributed by atoms with Gasteiger partial charge in [0.2, 0.25) is 5.91 Å². The standard InChI is InChI=1S/C26H28F4N4O3/c1-13-8-18(20(12-32-13)31-6-7-35)25(37)34-21-9-15(21)10-22(34)24(36)33-23(14-2-3-14)17-5-4-16(11-19(17)27)26(28,29)30/h4-5,8,11-12,14-15,21-23,31,35H,2-3,6-7,9-10H2,1H3,(H,33,36)/t15-,21-,22-,23?/m1/s1. The number of carbonyl (C=O) groups is 2. The normalized spacial score (nSPS) is 23.4. The number of alkyl halides is 3. The predicted octanol–water partition coefficient (Wildman–Crippen LogP) is 3.82. The molecule has 1 aliphatic heterocycles. The molecule has 0 bridgehead atoms. The number of halogens is 4. The van der Waals surface area contributed by atoms with Crippen LogP contribution < -0.4 is 10.6 Å². The molecule has 5 rings (SSSR count). The summed E-state index contributed by atoms with van der Waals surface area (Å²) in [6.45, 7) is 1.84. The van der Waals surface area contributed by atoms with Crippen molar-refractivity contribution in [3.63, 3.8) is 0 Å². The molecule has 1 aromatic carbocycles. The SMILES string of the molecule is Cc1cc(C(=O)N2[C@@H](C(=O)NC(c3ccc(C(F)(F)F)cc3F)C3CC3)C[C@H]3C[C@H]32)c(NCCO)cn1. The first kappa shape index (κ1) is 25.4. The molecule has 3 fully saturated rings. The number of carbonyl (C=O) groups excluding carboxylic acids is 2. The van der Waals surface area contributed by atoms with Crippen LogP contribution in [0.5, 0.6) is 0 Å². The summed E-state index contributed by atoms with van der Waals surface area (Å²) < 4.78 is 53.8. The lowest BCUT2D eigenvalue weighted by atomic mass is 9.99. The summed E-state index contributed by atoms with van der Waals surface area (Å²) >= 11 is 0. The molecule has 37 heavy (non-hydrogen) atoms. The van der Waals surface area contributed by atoms with Crippen LogP contribution in [0.1, 0.15) is 58.9 Å². The van der Waals surface area contributed by atoms with Gasteiger partial charge in [0.05, 0.1) is 35.7 Å². The van der Waals surface area contributed by atoms with Crippen LogP contribution >= 0.6 is 0 Å². The van der Waals surface area contributed by atoms with Crippen molar-refractivity contribution in [1.29, 1.82) is 0 Å². The van der Waals surface area contributed by atoms with Gasteiger partial charge < -0.3 is 20.6 Å². The summed E-state index contributed by atoms with van der Waals surface area (Å²) in [5.74, 6) is -1.67. The van der Waals surface area contributed by atoms with E-state index in [9.17, 15) is 32.3 Å². The van der Waals surface area contributed by atoms with Gasteiger partial charge in [-0.25, -0.2) is 4.39 Å². The first-order valence-corrected chi connectivity index (χ1v) is 12.4. The number of nitrogens with one attached hydrogen (secondary N) is 2. The van der Waals surface area contributed by atoms with E-state index in [4.69, 9.17) is 0 Å². The number of benzene rings is 1. The van der Waals surface area contributed by atoms with Gasteiger partial charge in [-0.15, -0.1) is 0 Å². The Kier molecular flexibility index (Phi) is 6.59. The molecule has 3 N–H and O–H groups in total. The zero-order valence-corrected chi connectivity index (χ0v) is 20.2. The van der Waals surface area contributed by atoms with Gasteiger partial charge in [-0.05, 0) is 62.6 Å². The number of pyridine rings is 1. The van der Waals surface area contributed by atoms with Gasteiger partial charge in [0, 0.05) is 23.8 Å². The van der Waals surface area contributed by atoms with Crippen molar-refractivity contribution in [2.45, 2.75) is 56.9 Å². The maximum Gasteiger partial charge on any atom is 0.416 e. The number of hydrogen-bond acceptors (Lipinski definition) is 5. The van der Waals surface area contributed by atoms with E-state index in [-0.39, 0.29) is 42.5 Å². The van der Waals surface area contributed by atoms with Crippen molar-refractivity contribution in [3.8, 4) is 0 Å². The first-order chi connectivity index (χ1) is 17.6. The third kappa shape index (κ3) is 5.14. The van der Waals surface area contributed by atoms with Crippen LogP contribution in [0.4, 0.5) is 23.2 Å². The second-order valence-electron chi connectivity index (χ2n) is 10.1. The zero-order chi connectivity index (χ0) is 26.5. The summed E-state index contributed by atoms with van der Waals surface area (Å²) in [7, 11) is 0. The van der Waals surface area contributed by atoms with Gasteiger partial charge in [0.25, 0.3) is 5.91 Å². The van der Waals surface area contributed by atoms with Crippen molar-refractivity contribution >= 4 is 17.5 Å². The minimum absolute atomic E-state index is 0.0186. The molecule has 7 nitrogen and oxygen atoms in total. The predicted molar refractivity (Wildman–Crippen MR) is 126 cm³/mol. The van der Waals surface area contributed by atoms with Crippen LogP contribution in [-0.4, -0.2) is 52.0 Å². The number of likely N-dealkylation sites (tertiary alicyclic amines) is 1. The summed E-state index contributed by atoms with van der Waals surface area (Å²) in [5, 5.41) is 15.0. The fourth-order valence-corrected chi connectivity index (χ4v) is 5.27. The molecule has 11 heteroatoms. The number of fused-ring (bicyclic) bond motifs is 1. The maximum atomic E-state index is 14.8. The molecule has 3 aliphatic rings. The second kappa shape index (κ2) is 9.59. The Balaban J connectivity index is 1.38. The molecule has 198 valence electrons. The molecule has 2 aromatic rings. The van der Waals surface area contributed by atoms with Gasteiger partial charge in [-0.1, -0.05) is 6.07 Å². The Hall–Kier alpha value is -3.21. The van der Waals surface area contributed by atoms with Gasteiger partial charge in [0.15, 0.2) is 0 Å². The molecule has 2 saturated carbocycles. The number of rotatable bonds is 8. The van der Waals surface area contributed by atoms with Crippen molar-refractivity contribution in [2.24, 2.45) is 11.8 Å². The number of nitrogens with zero attached hydrogens (tertiary/aromatic N) is 2. The number of aliphatic hydroxyl groups is 1. The topological polar surface area (TPSA) is 94.6 Å². The Labute approximate surface area is 211 Å². The fourth-order valence-electron chi connectivity index (χ4n) is 5.27. The molecule has 2 aliphatic carbocycles. The highest BCUT2D eigenvalue weighted by Gasteiger charge is 2.56. The van der Waals surface area contributed by atoms with Gasteiger partial charge in [-0.3, -0.25) is 14.6 Å². The van der Waals surface area contributed by atoms with E-state index in [1.54, 1.807) is 17.9 Å². The summed E-state index contributed by atoms with van der Waals surface area (Å²) in [4.78, 5) is 32.9. The van der Waals surface area contributed by atoms with Gasteiger partial charge in [-0.2, -0.15) is 13.2 Å². The van der Waals surface area contributed by atoms with E-state index in [0.29, 0.717) is 29.4 Å². The summed E-state index contributed by atoms with van der Waals surface area (Å²) in [5.41, 5.74) is 0.358. The molecule has 1 unspecified atom stereocenters. The van der Waals surface area contributed by atoms with Crippen molar-refractivity contribution in [2.75, 3.05) is 18.5 Å². The lowest BCUT2D eigenvalue weighted by Crippen LogP contribution is -2.49. The monoisotopic (exact) mass is 520 g/mol. The van der Waals surface area contributed by atoms with E-state index < -0.39 is 35.5 Å². The van der Waals surface area contributed by atoms with Crippen LogP contribution in [0.25, 0.3) is 0 Å². The summed E-state index contributed by atoms with van der Waals surface area (Å²) in [6.07, 6.45) is -0.443. The lowest BCUT2D eigenvalue weighted by molar-refractivity contribution is -0.137. The minimum atomic E-state index is -4.67. The largest absolute Gasteiger partial charge is 0.416 e. The summed E-state index contributed by atoms with van der Waals surface area (Å²) in [6, 6.07) is 2.40. The molecule has 2 amide bonds. The van der Waals surface area contributed by atoms with E-state index in [1.165, 1.54) is 6.20 Å². The Morgan fingerprint density at radius 2 is 1.97 bits per heavy atom. The number of aryl methyl sites for hydroxylation is 1. The van der Waals surface area contributed by atoms with Crippen LogP contribution in [0, 0.1) is 24.6 Å². The van der Waals surface area contributed by atoms with Crippen molar-refractivity contribution in [3.05, 3.63) is 58.7 Å².